The number of aromatic nitrogens is 1. The molecule has 0 bridgehead atoms. The summed E-state index contributed by atoms with van der Waals surface area (Å²) in [6.45, 7) is 1.46. The van der Waals surface area contributed by atoms with Crippen LogP contribution in [0, 0.1) is 0 Å². The average Bonchev–Trinajstić information content (AvgIpc) is 2.57. The third-order valence-electron chi connectivity index (χ3n) is 2.13. The molecule has 88 valence electrons. The fourth-order valence-electron chi connectivity index (χ4n) is 1.50. The van der Waals surface area contributed by atoms with Gasteiger partial charge in [-0.25, -0.2) is 4.98 Å². The average molecular weight is 248 g/mol. The molecular formula is C11H12N4OS. The lowest BCUT2D eigenvalue weighted by atomic mass is 10.1. The highest BCUT2D eigenvalue weighted by molar-refractivity contribution is 7.19. The third kappa shape index (κ3) is 2.54. The Morgan fingerprint density at radius 3 is 2.76 bits per heavy atom. The van der Waals surface area contributed by atoms with E-state index in [-0.39, 0.29) is 5.91 Å². The van der Waals surface area contributed by atoms with Gasteiger partial charge in [0, 0.05) is 18.2 Å². The zero-order valence-electron chi connectivity index (χ0n) is 9.23. The Labute approximate surface area is 102 Å². The van der Waals surface area contributed by atoms with E-state index in [4.69, 9.17) is 11.5 Å². The lowest BCUT2D eigenvalue weighted by molar-refractivity contribution is -0.114. The van der Waals surface area contributed by atoms with Gasteiger partial charge in [0.15, 0.2) is 5.13 Å². The number of nitrogens with one attached hydrogen (secondary N) is 1. The minimum atomic E-state index is -0.118. The van der Waals surface area contributed by atoms with Gasteiger partial charge in [-0.2, -0.15) is 0 Å². The Morgan fingerprint density at radius 1 is 1.41 bits per heavy atom. The number of nitrogens with zero attached hydrogens (tertiary/aromatic N) is 1. The smallest absolute Gasteiger partial charge is 0.221 e. The number of rotatable bonds is 2. The lowest BCUT2D eigenvalue weighted by Gasteiger charge is -2.04. The summed E-state index contributed by atoms with van der Waals surface area (Å²) < 4.78 is 0. The Bertz CT molecular complexity index is 564. The number of anilines is 3. The first-order valence-corrected chi connectivity index (χ1v) is 5.77. The van der Waals surface area contributed by atoms with Crippen molar-refractivity contribution in [1.82, 2.24) is 4.98 Å². The van der Waals surface area contributed by atoms with Crippen LogP contribution in [0.15, 0.2) is 24.3 Å². The molecule has 1 aromatic heterocycles. The van der Waals surface area contributed by atoms with Crippen molar-refractivity contribution >= 4 is 33.1 Å². The van der Waals surface area contributed by atoms with Gasteiger partial charge in [-0.3, -0.25) is 4.79 Å². The summed E-state index contributed by atoms with van der Waals surface area (Å²) in [6.07, 6.45) is 0. The SMILES string of the molecule is CC(=O)Nc1cccc(-c2nc(N)sc2N)c1. The van der Waals surface area contributed by atoms with Crippen LogP contribution in [0.4, 0.5) is 15.8 Å². The fraction of sp³-hybridized carbons (Fsp3) is 0.0909. The number of nitrogens with two attached hydrogens (primary N) is 2. The molecule has 0 saturated heterocycles. The van der Waals surface area contributed by atoms with Gasteiger partial charge in [-0.1, -0.05) is 23.5 Å². The molecule has 0 saturated carbocycles. The van der Waals surface area contributed by atoms with Crippen LogP contribution in [0.5, 0.6) is 0 Å². The summed E-state index contributed by atoms with van der Waals surface area (Å²) in [5.41, 5.74) is 13.6. The molecule has 0 fully saturated rings. The zero-order chi connectivity index (χ0) is 12.4. The van der Waals surface area contributed by atoms with E-state index >= 15 is 0 Å². The molecule has 0 aliphatic rings. The predicted molar refractivity (Wildman–Crippen MR) is 70.7 cm³/mol. The van der Waals surface area contributed by atoms with Gasteiger partial charge in [0.2, 0.25) is 5.91 Å². The van der Waals surface area contributed by atoms with Gasteiger partial charge in [0.05, 0.1) is 0 Å². The molecule has 0 spiro atoms. The molecule has 0 radical (unpaired) electrons. The van der Waals surface area contributed by atoms with Crippen molar-refractivity contribution in [1.29, 1.82) is 0 Å². The van der Waals surface area contributed by atoms with Crippen molar-refractivity contribution < 1.29 is 4.79 Å². The quantitative estimate of drug-likeness (QED) is 0.757. The van der Waals surface area contributed by atoms with Crippen molar-refractivity contribution in [2.75, 3.05) is 16.8 Å². The summed E-state index contributed by atoms with van der Waals surface area (Å²) in [5, 5.41) is 3.71. The van der Waals surface area contributed by atoms with Crippen LogP contribution in [-0.2, 0) is 4.79 Å². The zero-order valence-corrected chi connectivity index (χ0v) is 10.0. The van der Waals surface area contributed by atoms with E-state index < -0.39 is 0 Å². The molecule has 5 N–H and O–H groups in total. The summed E-state index contributed by atoms with van der Waals surface area (Å²) in [4.78, 5) is 15.1. The molecule has 0 unspecified atom stereocenters. The Morgan fingerprint density at radius 2 is 2.18 bits per heavy atom. The lowest BCUT2D eigenvalue weighted by Crippen LogP contribution is -2.05. The molecule has 0 atom stereocenters. The van der Waals surface area contributed by atoms with Crippen LogP contribution in [0.3, 0.4) is 0 Å². The number of carbonyl (C=O) groups excluding carboxylic acids is 1. The molecule has 1 amide bonds. The molecule has 2 rings (SSSR count). The Kier molecular flexibility index (Phi) is 2.97. The maximum Gasteiger partial charge on any atom is 0.221 e. The topological polar surface area (TPSA) is 94.0 Å². The highest BCUT2D eigenvalue weighted by Gasteiger charge is 2.09. The third-order valence-corrected chi connectivity index (χ3v) is 2.84. The summed E-state index contributed by atoms with van der Waals surface area (Å²) in [5.74, 6) is -0.118. The van der Waals surface area contributed by atoms with Gasteiger partial charge < -0.3 is 16.8 Å². The van der Waals surface area contributed by atoms with Gasteiger partial charge in [0.25, 0.3) is 0 Å². The number of amides is 1. The van der Waals surface area contributed by atoms with Crippen molar-refractivity contribution in [3.63, 3.8) is 0 Å². The highest BCUT2D eigenvalue weighted by Crippen LogP contribution is 2.32. The van der Waals surface area contributed by atoms with Crippen LogP contribution in [0.2, 0.25) is 0 Å². The van der Waals surface area contributed by atoms with Crippen LogP contribution in [0.1, 0.15) is 6.92 Å². The minimum Gasteiger partial charge on any atom is -0.389 e. The highest BCUT2D eigenvalue weighted by atomic mass is 32.1. The second-order valence-electron chi connectivity index (χ2n) is 3.53. The van der Waals surface area contributed by atoms with Crippen LogP contribution in [-0.4, -0.2) is 10.9 Å². The van der Waals surface area contributed by atoms with Crippen LogP contribution < -0.4 is 16.8 Å². The summed E-state index contributed by atoms with van der Waals surface area (Å²) in [7, 11) is 0. The monoisotopic (exact) mass is 248 g/mol. The molecule has 6 heteroatoms. The van der Waals surface area contributed by atoms with Gasteiger partial charge >= 0.3 is 0 Å². The predicted octanol–water partition coefficient (Wildman–Crippen LogP) is 1.93. The molecule has 17 heavy (non-hydrogen) atoms. The largest absolute Gasteiger partial charge is 0.389 e. The summed E-state index contributed by atoms with van der Waals surface area (Å²) in [6, 6.07) is 7.31. The van der Waals surface area contributed by atoms with Gasteiger partial charge in [-0.05, 0) is 12.1 Å². The number of thiazole rings is 1. The van der Waals surface area contributed by atoms with Crippen molar-refractivity contribution in [3.05, 3.63) is 24.3 Å². The molecular weight excluding hydrogens is 236 g/mol. The molecule has 1 aromatic carbocycles. The molecule has 0 aliphatic heterocycles. The first-order valence-electron chi connectivity index (χ1n) is 4.96. The van der Waals surface area contributed by atoms with Crippen molar-refractivity contribution in [2.24, 2.45) is 0 Å². The first kappa shape index (κ1) is 11.4. The van der Waals surface area contributed by atoms with Gasteiger partial charge in [0.1, 0.15) is 10.7 Å². The number of carbonyl (C=O) groups is 1. The standard InChI is InChI=1S/C11H12N4OS/c1-6(16)14-8-4-2-3-7(5-8)9-10(12)17-11(13)15-9/h2-5H,12H2,1H3,(H2,13,15)(H,14,16). The maximum absolute atomic E-state index is 11.0. The van der Waals surface area contributed by atoms with E-state index in [1.165, 1.54) is 18.3 Å². The molecule has 1 heterocycles. The maximum atomic E-state index is 11.0. The van der Waals surface area contributed by atoms with E-state index in [1.807, 2.05) is 18.2 Å². The molecule has 5 nitrogen and oxygen atoms in total. The van der Waals surface area contributed by atoms with Crippen LogP contribution in [0.25, 0.3) is 11.3 Å². The normalized spacial score (nSPS) is 10.2. The fourth-order valence-corrected chi connectivity index (χ4v) is 2.13. The van der Waals surface area contributed by atoms with Crippen LogP contribution >= 0.6 is 11.3 Å². The van der Waals surface area contributed by atoms with E-state index in [2.05, 4.69) is 10.3 Å². The minimum absolute atomic E-state index is 0.118. The van der Waals surface area contributed by atoms with E-state index in [1.54, 1.807) is 6.07 Å². The van der Waals surface area contributed by atoms with E-state index in [0.717, 1.165) is 5.56 Å². The van der Waals surface area contributed by atoms with E-state index in [0.29, 0.717) is 21.5 Å². The van der Waals surface area contributed by atoms with E-state index in [9.17, 15) is 4.79 Å². The summed E-state index contributed by atoms with van der Waals surface area (Å²) >= 11 is 1.24. The van der Waals surface area contributed by atoms with Gasteiger partial charge in [-0.15, -0.1) is 0 Å². The number of hydrogen-bond acceptors (Lipinski definition) is 5. The second-order valence-corrected chi connectivity index (χ2v) is 4.59. The second kappa shape index (κ2) is 4.42. The number of nitrogen functional groups attached to an aromatic ring is 2. The van der Waals surface area contributed by atoms with Crippen molar-refractivity contribution in [2.45, 2.75) is 6.92 Å². The number of hydrogen-bond donors (Lipinski definition) is 3. The first-order chi connectivity index (χ1) is 8.06. The van der Waals surface area contributed by atoms with Crippen molar-refractivity contribution in [3.8, 4) is 11.3 Å². The molecule has 2 aromatic rings. The Hall–Kier alpha value is -2.08. The number of benzene rings is 1. The molecule has 0 aliphatic carbocycles. The Balaban J connectivity index is 2.39.